The minimum Gasteiger partial charge on any atom is -0.389 e. The molecule has 118 valence electrons. The highest BCUT2D eigenvalue weighted by Gasteiger charge is 2.23. The number of hydrogen-bond acceptors (Lipinski definition) is 5. The largest absolute Gasteiger partial charge is 0.389 e. The van der Waals surface area contributed by atoms with Crippen LogP contribution in [0.4, 0.5) is 0 Å². The molecule has 0 heterocycles. The van der Waals surface area contributed by atoms with Gasteiger partial charge in [0.1, 0.15) is 0 Å². The van der Waals surface area contributed by atoms with Gasteiger partial charge in [-0.3, -0.25) is 4.79 Å². The lowest BCUT2D eigenvalue weighted by atomic mass is 10.2. The van der Waals surface area contributed by atoms with Gasteiger partial charge in [-0.1, -0.05) is 19.1 Å². The van der Waals surface area contributed by atoms with Crippen LogP contribution in [0.1, 0.15) is 17.3 Å². The Labute approximate surface area is 125 Å². The summed E-state index contributed by atoms with van der Waals surface area (Å²) in [6.45, 7) is 1.70. The molecular formula is C14H21NO5S. The quantitative estimate of drug-likeness (QED) is 0.795. The molecule has 0 aliphatic rings. The molecule has 0 bridgehead atoms. The van der Waals surface area contributed by atoms with Crippen molar-refractivity contribution in [1.82, 2.24) is 4.90 Å². The fourth-order valence-electron chi connectivity index (χ4n) is 1.92. The molecule has 0 aliphatic carbocycles. The molecule has 1 N–H and O–H groups in total. The molecular weight excluding hydrogens is 294 g/mol. The molecule has 1 rings (SSSR count). The van der Waals surface area contributed by atoms with Crippen LogP contribution in [0, 0.1) is 0 Å². The molecule has 0 radical (unpaired) electrons. The fourth-order valence-corrected chi connectivity index (χ4v) is 3.01. The zero-order valence-corrected chi connectivity index (χ0v) is 13.3. The van der Waals surface area contributed by atoms with Crippen LogP contribution < -0.4 is 0 Å². The summed E-state index contributed by atoms with van der Waals surface area (Å²) in [7, 11) is -0.518. The Morgan fingerprint density at radius 2 is 2.00 bits per heavy atom. The first-order valence-electron chi connectivity index (χ1n) is 6.57. The molecule has 0 fully saturated rings. The maximum absolute atomic E-state index is 12.4. The van der Waals surface area contributed by atoms with E-state index < -0.39 is 21.8 Å². The molecule has 1 unspecified atom stereocenters. The van der Waals surface area contributed by atoms with Gasteiger partial charge < -0.3 is 14.7 Å². The lowest BCUT2D eigenvalue weighted by Gasteiger charge is -2.21. The van der Waals surface area contributed by atoms with Gasteiger partial charge in [-0.25, -0.2) is 8.42 Å². The number of ether oxygens (including phenoxy) is 1. The number of hydrogen-bond donors (Lipinski definition) is 1. The van der Waals surface area contributed by atoms with E-state index in [1.54, 1.807) is 12.1 Å². The minimum atomic E-state index is -3.48. The molecule has 1 aromatic rings. The van der Waals surface area contributed by atoms with Gasteiger partial charge in [-0.2, -0.15) is 0 Å². The first kappa shape index (κ1) is 17.6. The Kier molecular flexibility index (Phi) is 6.32. The van der Waals surface area contributed by atoms with E-state index in [-0.39, 0.29) is 29.4 Å². The SMILES string of the molecule is CCS(=O)(=O)c1ccccc1C(=O)N(C)CC(O)COC. The fraction of sp³-hybridized carbons (Fsp3) is 0.500. The van der Waals surface area contributed by atoms with E-state index in [2.05, 4.69) is 0 Å². The average Bonchev–Trinajstić information content (AvgIpc) is 2.46. The third-order valence-electron chi connectivity index (χ3n) is 3.02. The minimum absolute atomic E-state index is 0.0191. The monoisotopic (exact) mass is 315 g/mol. The van der Waals surface area contributed by atoms with E-state index >= 15 is 0 Å². The zero-order valence-electron chi connectivity index (χ0n) is 12.4. The van der Waals surface area contributed by atoms with E-state index in [9.17, 15) is 18.3 Å². The van der Waals surface area contributed by atoms with Crippen LogP contribution in [-0.2, 0) is 14.6 Å². The van der Waals surface area contributed by atoms with Crippen LogP contribution in [0.3, 0.4) is 0 Å². The normalized spacial score (nSPS) is 13.0. The summed E-state index contributed by atoms with van der Waals surface area (Å²) in [5.41, 5.74) is 0.117. The van der Waals surface area contributed by atoms with Crippen molar-refractivity contribution in [3.63, 3.8) is 0 Å². The van der Waals surface area contributed by atoms with Crippen molar-refractivity contribution in [2.45, 2.75) is 17.9 Å². The predicted octanol–water partition coefficient (Wildman–Crippen LogP) is 0.559. The number of methoxy groups -OCH3 is 1. The van der Waals surface area contributed by atoms with Gasteiger partial charge in [0, 0.05) is 20.7 Å². The number of aliphatic hydroxyl groups is 1. The summed E-state index contributed by atoms with van der Waals surface area (Å²) in [5, 5.41) is 9.65. The van der Waals surface area contributed by atoms with Crippen LogP contribution >= 0.6 is 0 Å². The first-order valence-corrected chi connectivity index (χ1v) is 8.23. The molecule has 1 aromatic carbocycles. The highest BCUT2D eigenvalue weighted by atomic mass is 32.2. The standard InChI is InChI=1S/C14H21NO5S/c1-4-21(18,19)13-8-6-5-7-12(13)14(17)15(2)9-11(16)10-20-3/h5-8,11,16H,4,9-10H2,1-3H3. The zero-order chi connectivity index (χ0) is 16.0. The molecule has 0 aliphatic heterocycles. The maximum atomic E-state index is 12.4. The van der Waals surface area contributed by atoms with E-state index in [0.717, 1.165) is 0 Å². The van der Waals surface area contributed by atoms with Crippen molar-refractivity contribution in [2.24, 2.45) is 0 Å². The highest BCUT2D eigenvalue weighted by Crippen LogP contribution is 2.18. The van der Waals surface area contributed by atoms with Crippen molar-refractivity contribution in [1.29, 1.82) is 0 Å². The maximum Gasteiger partial charge on any atom is 0.255 e. The summed E-state index contributed by atoms with van der Waals surface area (Å²) < 4.78 is 28.9. The smallest absolute Gasteiger partial charge is 0.255 e. The molecule has 0 aromatic heterocycles. The molecule has 1 amide bonds. The third kappa shape index (κ3) is 4.52. The molecule has 21 heavy (non-hydrogen) atoms. The second-order valence-corrected chi connectivity index (χ2v) is 6.94. The summed E-state index contributed by atoms with van der Waals surface area (Å²) in [6, 6.07) is 6.09. The van der Waals surface area contributed by atoms with Gasteiger partial charge in [0.25, 0.3) is 5.91 Å². The van der Waals surface area contributed by atoms with Crippen molar-refractivity contribution in [2.75, 3.05) is 33.1 Å². The van der Waals surface area contributed by atoms with Crippen molar-refractivity contribution < 1.29 is 23.1 Å². The highest BCUT2D eigenvalue weighted by molar-refractivity contribution is 7.91. The second-order valence-electron chi connectivity index (χ2n) is 4.69. The number of rotatable bonds is 7. The Morgan fingerprint density at radius 3 is 2.57 bits per heavy atom. The van der Waals surface area contributed by atoms with Crippen LogP contribution in [0.5, 0.6) is 0 Å². The van der Waals surface area contributed by atoms with Gasteiger partial charge in [-0.15, -0.1) is 0 Å². The number of likely N-dealkylation sites (N-methyl/N-ethyl adjacent to an activating group) is 1. The van der Waals surface area contributed by atoms with Crippen LogP contribution in [0.25, 0.3) is 0 Å². The molecule has 0 saturated heterocycles. The lowest BCUT2D eigenvalue weighted by Crippen LogP contribution is -2.36. The van der Waals surface area contributed by atoms with E-state index in [4.69, 9.17) is 4.74 Å². The van der Waals surface area contributed by atoms with Gasteiger partial charge >= 0.3 is 0 Å². The summed E-state index contributed by atoms with van der Waals surface area (Å²) in [4.78, 5) is 13.7. The number of nitrogens with zero attached hydrogens (tertiary/aromatic N) is 1. The van der Waals surface area contributed by atoms with Gasteiger partial charge in [-0.05, 0) is 12.1 Å². The first-order chi connectivity index (χ1) is 9.83. The summed E-state index contributed by atoms with van der Waals surface area (Å²) in [6.07, 6.45) is -0.820. The lowest BCUT2D eigenvalue weighted by molar-refractivity contribution is 0.0379. The Hall–Kier alpha value is -1.44. The predicted molar refractivity (Wildman–Crippen MR) is 79.0 cm³/mol. The Balaban J connectivity index is 3.03. The number of sulfone groups is 1. The molecule has 1 atom stereocenters. The molecule has 0 saturated carbocycles. The second kappa shape index (κ2) is 7.53. The Morgan fingerprint density at radius 1 is 1.38 bits per heavy atom. The Bertz CT molecular complexity index is 585. The number of benzene rings is 1. The average molecular weight is 315 g/mol. The van der Waals surface area contributed by atoms with E-state index in [1.807, 2.05) is 0 Å². The molecule has 0 spiro atoms. The number of amides is 1. The third-order valence-corrected chi connectivity index (χ3v) is 4.81. The van der Waals surface area contributed by atoms with Gasteiger partial charge in [0.05, 0.1) is 28.9 Å². The van der Waals surface area contributed by atoms with Crippen LogP contribution in [0.2, 0.25) is 0 Å². The van der Waals surface area contributed by atoms with Crippen molar-refractivity contribution in [3.05, 3.63) is 29.8 Å². The van der Waals surface area contributed by atoms with Crippen molar-refractivity contribution >= 4 is 15.7 Å². The summed E-state index contributed by atoms with van der Waals surface area (Å²) in [5.74, 6) is -0.523. The van der Waals surface area contributed by atoms with Gasteiger partial charge in [0.2, 0.25) is 0 Å². The van der Waals surface area contributed by atoms with Crippen LogP contribution in [-0.4, -0.2) is 63.5 Å². The van der Waals surface area contributed by atoms with E-state index in [0.29, 0.717) is 0 Å². The van der Waals surface area contributed by atoms with Crippen molar-refractivity contribution in [3.8, 4) is 0 Å². The topological polar surface area (TPSA) is 83.9 Å². The van der Waals surface area contributed by atoms with E-state index in [1.165, 1.54) is 38.1 Å². The number of carbonyl (C=O) groups excluding carboxylic acids is 1. The summed E-state index contributed by atoms with van der Waals surface area (Å²) >= 11 is 0. The van der Waals surface area contributed by atoms with Gasteiger partial charge in [0.15, 0.2) is 9.84 Å². The molecule has 6 nitrogen and oxygen atoms in total. The number of carbonyl (C=O) groups is 1. The number of aliphatic hydroxyl groups excluding tert-OH is 1. The van der Waals surface area contributed by atoms with Crippen LogP contribution in [0.15, 0.2) is 29.2 Å². The molecule has 7 heteroatoms.